The number of aliphatic hydroxyl groups excluding tert-OH is 1. The summed E-state index contributed by atoms with van der Waals surface area (Å²) in [6.07, 6.45) is 0. The van der Waals surface area contributed by atoms with Gasteiger partial charge in [0.15, 0.2) is 11.6 Å². The van der Waals surface area contributed by atoms with Crippen LogP contribution >= 0.6 is 0 Å². The minimum atomic E-state index is -0.695. The number of aromatic nitrogens is 2. The molecule has 0 saturated carbocycles. The second kappa shape index (κ2) is 4.84. The summed E-state index contributed by atoms with van der Waals surface area (Å²) in [5, 5.41) is 15.9. The molecule has 17 heavy (non-hydrogen) atoms. The van der Waals surface area contributed by atoms with E-state index in [1.54, 1.807) is 0 Å². The Hall–Kier alpha value is -2.08. The molecule has 0 spiro atoms. The lowest BCUT2D eigenvalue weighted by Gasteiger charge is -2.05. The van der Waals surface area contributed by atoms with E-state index < -0.39 is 11.6 Å². The lowest BCUT2D eigenvalue weighted by Crippen LogP contribution is -1.96. The molecule has 4 nitrogen and oxygen atoms in total. The summed E-state index contributed by atoms with van der Waals surface area (Å²) in [5.41, 5.74) is 0.358. The van der Waals surface area contributed by atoms with Crippen molar-refractivity contribution in [2.45, 2.75) is 6.61 Å². The molecule has 2 rings (SSSR count). The van der Waals surface area contributed by atoms with Crippen LogP contribution in [0.25, 0.3) is 0 Å². The molecule has 6 heteroatoms. The zero-order valence-electron chi connectivity index (χ0n) is 8.60. The smallest absolute Gasteiger partial charge is 0.239 e. The summed E-state index contributed by atoms with van der Waals surface area (Å²) in [5.74, 6) is -1.55. The normalized spacial score (nSPS) is 10.3. The van der Waals surface area contributed by atoms with E-state index in [9.17, 15) is 8.78 Å². The molecule has 0 radical (unpaired) electrons. The Morgan fingerprint density at radius 2 is 1.94 bits per heavy atom. The number of halogens is 2. The molecule has 0 bridgehead atoms. The molecule has 0 aliphatic carbocycles. The molecule has 1 heterocycles. The lowest BCUT2D eigenvalue weighted by molar-refractivity contribution is 0.274. The first-order valence-corrected chi connectivity index (χ1v) is 4.75. The monoisotopic (exact) mass is 238 g/mol. The maximum atomic E-state index is 13.2. The minimum Gasteiger partial charge on any atom is -0.434 e. The summed E-state index contributed by atoms with van der Waals surface area (Å²) in [4.78, 5) is 0. The van der Waals surface area contributed by atoms with Crippen molar-refractivity contribution in [1.29, 1.82) is 0 Å². The van der Waals surface area contributed by atoms with E-state index in [0.29, 0.717) is 5.69 Å². The highest BCUT2D eigenvalue weighted by atomic mass is 19.1. The highest BCUT2D eigenvalue weighted by molar-refractivity contribution is 5.28. The molecule has 0 unspecified atom stereocenters. The fourth-order valence-electron chi connectivity index (χ4n) is 1.15. The highest BCUT2D eigenvalue weighted by Gasteiger charge is 2.07. The van der Waals surface area contributed by atoms with E-state index in [2.05, 4.69) is 10.2 Å². The molecular weight excluding hydrogens is 230 g/mol. The fourth-order valence-corrected chi connectivity index (χ4v) is 1.15. The first-order chi connectivity index (χ1) is 8.19. The van der Waals surface area contributed by atoms with Gasteiger partial charge in [0, 0.05) is 12.1 Å². The molecule has 0 aliphatic rings. The zero-order chi connectivity index (χ0) is 12.3. The predicted molar refractivity (Wildman–Crippen MR) is 54.4 cm³/mol. The van der Waals surface area contributed by atoms with Gasteiger partial charge in [-0.1, -0.05) is 0 Å². The van der Waals surface area contributed by atoms with E-state index in [-0.39, 0.29) is 18.2 Å². The standard InChI is InChI=1S/C11H8F2N2O2/c12-7-1-3-9(13)10(5-7)17-11-4-2-8(6-16)14-15-11/h1-5,16H,6H2. The van der Waals surface area contributed by atoms with Gasteiger partial charge in [-0.2, -0.15) is 0 Å². The summed E-state index contributed by atoms with van der Waals surface area (Å²) < 4.78 is 31.1. The number of hydrogen-bond acceptors (Lipinski definition) is 4. The van der Waals surface area contributed by atoms with Gasteiger partial charge in [0.05, 0.1) is 12.3 Å². The number of nitrogens with zero attached hydrogens (tertiary/aromatic N) is 2. The van der Waals surface area contributed by atoms with Crippen LogP contribution in [0.3, 0.4) is 0 Å². The van der Waals surface area contributed by atoms with Crippen LogP contribution in [0.15, 0.2) is 30.3 Å². The van der Waals surface area contributed by atoms with Crippen LogP contribution in [0.5, 0.6) is 11.6 Å². The van der Waals surface area contributed by atoms with Crippen molar-refractivity contribution in [3.8, 4) is 11.6 Å². The van der Waals surface area contributed by atoms with Gasteiger partial charge in [0.1, 0.15) is 5.82 Å². The molecule has 0 fully saturated rings. The van der Waals surface area contributed by atoms with Crippen LogP contribution in [0.1, 0.15) is 5.69 Å². The van der Waals surface area contributed by atoms with Crippen LogP contribution < -0.4 is 4.74 Å². The number of rotatable bonds is 3. The summed E-state index contributed by atoms with van der Waals surface area (Å²) in [7, 11) is 0. The van der Waals surface area contributed by atoms with Gasteiger partial charge in [-0.05, 0) is 18.2 Å². The quantitative estimate of drug-likeness (QED) is 0.889. The van der Waals surface area contributed by atoms with Crippen LogP contribution in [0, 0.1) is 11.6 Å². The highest BCUT2D eigenvalue weighted by Crippen LogP contribution is 2.23. The molecule has 1 aromatic carbocycles. The first kappa shape index (κ1) is 11.4. The fraction of sp³-hybridized carbons (Fsp3) is 0.0909. The topological polar surface area (TPSA) is 55.2 Å². The maximum Gasteiger partial charge on any atom is 0.239 e. The molecule has 0 atom stereocenters. The Balaban J connectivity index is 2.22. The Morgan fingerprint density at radius 3 is 2.59 bits per heavy atom. The van der Waals surface area contributed by atoms with Gasteiger partial charge < -0.3 is 9.84 Å². The molecule has 0 saturated heterocycles. The van der Waals surface area contributed by atoms with Crippen LogP contribution in [-0.4, -0.2) is 15.3 Å². The second-order valence-corrected chi connectivity index (χ2v) is 3.20. The van der Waals surface area contributed by atoms with Gasteiger partial charge in [-0.25, -0.2) is 8.78 Å². The molecule has 0 amide bonds. The van der Waals surface area contributed by atoms with Gasteiger partial charge in [-0.15, -0.1) is 10.2 Å². The number of aliphatic hydroxyl groups is 1. The predicted octanol–water partition coefficient (Wildman–Crippen LogP) is 2.04. The number of benzene rings is 1. The number of hydrogen-bond donors (Lipinski definition) is 1. The van der Waals surface area contributed by atoms with E-state index in [4.69, 9.17) is 9.84 Å². The largest absolute Gasteiger partial charge is 0.434 e. The van der Waals surface area contributed by atoms with E-state index in [1.807, 2.05) is 0 Å². The second-order valence-electron chi connectivity index (χ2n) is 3.20. The van der Waals surface area contributed by atoms with E-state index >= 15 is 0 Å². The molecular formula is C11H8F2N2O2. The van der Waals surface area contributed by atoms with Crippen LogP contribution in [0.4, 0.5) is 8.78 Å². The van der Waals surface area contributed by atoms with Crippen LogP contribution in [-0.2, 0) is 6.61 Å². The van der Waals surface area contributed by atoms with Gasteiger partial charge >= 0.3 is 0 Å². The van der Waals surface area contributed by atoms with Crippen LogP contribution in [0.2, 0.25) is 0 Å². The Labute approximate surface area is 95.5 Å². The molecule has 2 aromatic rings. The van der Waals surface area contributed by atoms with Gasteiger partial charge in [-0.3, -0.25) is 0 Å². The van der Waals surface area contributed by atoms with E-state index in [0.717, 1.165) is 18.2 Å². The summed E-state index contributed by atoms with van der Waals surface area (Å²) >= 11 is 0. The van der Waals surface area contributed by atoms with E-state index in [1.165, 1.54) is 12.1 Å². The third-order valence-electron chi connectivity index (χ3n) is 1.97. The number of ether oxygens (including phenoxy) is 1. The van der Waals surface area contributed by atoms with Gasteiger partial charge in [0.25, 0.3) is 0 Å². The average molecular weight is 238 g/mol. The van der Waals surface area contributed by atoms with Crippen molar-refractivity contribution >= 4 is 0 Å². The van der Waals surface area contributed by atoms with Crippen molar-refractivity contribution in [2.24, 2.45) is 0 Å². The third-order valence-corrected chi connectivity index (χ3v) is 1.97. The molecule has 1 N–H and O–H groups in total. The Bertz CT molecular complexity index is 517. The summed E-state index contributed by atoms with van der Waals surface area (Å²) in [6.45, 7) is -0.248. The van der Waals surface area contributed by atoms with Crippen molar-refractivity contribution in [2.75, 3.05) is 0 Å². The molecule has 1 aromatic heterocycles. The molecule has 88 valence electrons. The maximum absolute atomic E-state index is 13.2. The first-order valence-electron chi connectivity index (χ1n) is 4.75. The SMILES string of the molecule is OCc1ccc(Oc2cc(F)ccc2F)nn1. The molecule has 0 aliphatic heterocycles. The Morgan fingerprint density at radius 1 is 1.12 bits per heavy atom. The van der Waals surface area contributed by atoms with Crippen molar-refractivity contribution in [3.63, 3.8) is 0 Å². The zero-order valence-corrected chi connectivity index (χ0v) is 8.60. The van der Waals surface area contributed by atoms with Crippen molar-refractivity contribution in [1.82, 2.24) is 10.2 Å². The summed E-state index contributed by atoms with van der Waals surface area (Å²) in [6, 6.07) is 5.74. The van der Waals surface area contributed by atoms with Gasteiger partial charge in [0.2, 0.25) is 5.88 Å². The Kier molecular flexibility index (Phi) is 3.24. The van der Waals surface area contributed by atoms with Crippen molar-refractivity contribution < 1.29 is 18.6 Å². The third kappa shape index (κ3) is 2.73. The average Bonchev–Trinajstić information content (AvgIpc) is 2.35. The lowest BCUT2D eigenvalue weighted by atomic mass is 10.3. The van der Waals surface area contributed by atoms with Crippen molar-refractivity contribution in [3.05, 3.63) is 47.7 Å². The minimum absolute atomic E-state index is 0.0201.